The minimum Gasteiger partial charge on any atom is -0.468 e. The molecule has 0 radical (unpaired) electrons. The summed E-state index contributed by atoms with van der Waals surface area (Å²) in [7, 11) is 0. The normalized spacial score (nSPS) is 12.4. The third-order valence-electron chi connectivity index (χ3n) is 1.79. The summed E-state index contributed by atoms with van der Waals surface area (Å²) < 4.78 is 5.23. The molecule has 1 N–H and O–H groups in total. The monoisotopic (exact) mass is 163 g/mol. The van der Waals surface area contributed by atoms with Gasteiger partial charge < -0.3 is 4.42 Å². The van der Waals surface area contributed by atoms with Crippen LogP contribution in [0.5, 0.6) is 0 Å². The standard InChI is InChI=1S/C10H13NO/c1-4-9(3)11-7-10-8(2)5-6-12-10/h1,5-6,9,11H,7H2,2-3H3. The number of rotatable bonds is 3. The third kappa shape index (κ3) is 2.14. The number of furan rings is 1. The van der Waals surface area contributed by atoms with Crippen molar-refractivity contribution in [1.29, 1.82) is 0 Å². The first kappa shape index (κ1) is 8.89. The Morgan fingerprint density at radius 3 is 3.00 bits per heavy atom. The van der Waals surface area contributed by atoms with Crippen LogP contribution in [0.25, 0.3) is 0 Å². The number of hydrogen-bond acceptors (Lipinski definition) is 2. The molecule has 12 heavy (non-hydrogen) atoms. The van der Waals surface area contributed by atoms with Gasteiger partial charge in [-0.1, -0.05) is 5.92 Å². The van der Waals surface area contributed by atoms with Gasteiger partial charge in [-0.15, -0.1) is 6.42 Å². The van der Waals surface area contributed by atoms with E-state index in [1.807, 2.05) is 19.9 Å². The molecule has 2 heteroatoms. The topological polar surface area (TPSA) is 25.2 Å². The maximum atomic E-state index is 5.23. The second-order valence-electron chi connectivity index (χ2n) is 2.80. The molecule has 0 aliphatic heterocycles. The Balaban J connectivity index is 2.44. The first-order valence-electron chi connectivity index (χ1n) is 3.96. The average molecular weight is 163 g/mol. The van der Waals surface area contributed by atoms with Crippen molar-refractivity contribution in [3.63, 3.8) is 0 Å². The van der Waals surface area contributed by atoms with Gasteiger partial charge in [0.05, 0.1) is 18.8 Å². The van der Waals surface area contributed by atoms with Crippen LogP contribution in [0.4, 0.5) is 0 Å². The molecule has 64 valence electrons. The summed E-state index contributed by atoms with van der Waals surface area (Å²) in [5.74, 6) is 3.55. The molecule has 0 saturated carbocycles. The third-order valence-corrected chi connectivity index (χ3v) is 1.79. The van der Waals surface area contributed by atoms with Gasteiger partial charge in [0, 0.05) is 0 Å². The highest BCUT2D eigenvalue weighted by molar-refractivity contribution is 5.14. The van der Waals surface area contributed by atoms with Crippen molar-refractivity contribution >= 4 is 0 Å². The number of nitrogens with one attached hydrogen (secondary N) is 1. The van der Waals surface area contributed by atoms with Crippen LogP contribution >= 0.6 is 0 Å². The van der Waals surface area contributed by atoms with Crippen LogP contribution in [-0.2, 0) is 6.54 Å². The lowest BCUT2D eigenvalue weighted by Gasteiger charge is -2.05. The Bertz CT molecular complexity index is 282. The van der Waals surface area contributed by atoms with Gasteiger partial charge in [0.1, 0.15) is 5.76 Å². The molecule has 1 aromatic heterocycles. The lowest BCUT2D eigenvalue weighted by molar-refractivity contribution is 0.474. The van der Waals surface area contributed by atoms with E-state index < -0.39 is 0 Å². The van der Waals surface area contributed by atoms with Crippen LogP contribution in [-0.4, -0.2) is 6.04 Å². The fraction of sp³-hybridized carbons (Fsp3) is 0.400. The van der Waals surface area contributed by atoms with Crippen molar-refractivity contribution in [2.24, 2.45) is 0 Å². The molecule has 0 aliphatic rings. The van der Waals surface area contributed by atoms with Crippen LogP contribution in [0.3, 0.4) is 0 Å². The summed E-state index contributed by atoms with van der Waals surface area (Å²) in [6.45, 7) is 4.66. The van der Waals surface area contributed by atoms with Crippen molar-refractivity contribution in [1.82, 2.24) is 5.32 Å². The van der Waals surface area contributed by atoms with Crippen molar-refractivity contribution in [3.05, 3.63) is 23.7 Å². The summed E-state index contributed by atoms with van der Waals surface area (Å²) in [4.78, 5) is 0. The first-order chi connectivity index (χ1) is 5.74. The Morgan fingerprint density at radius 2 is 2.50 bits per heavy atom. The van der Waals surface area contributed by atoms with Gasteiger partial charge in [0.25, 0.3) is 0 Å². The van der Waals surface area contributed by atoms with Gasteiger partial charge in [0.2, 0.25) is 0 Å². The number of aryl methyl sites for hydroxylation is 1. The lowest BCUT2D eigenvalue weighted by Crippen LogP contribution is -2.23. The van der Waals surface area contributed by atoms with Crippen molar-refractivity contribution in [2.45, 2.75) is 26.4 Å². The van der Waals surface area contributed by atoms with Crippen molar-refractivity contribution < 1.29 is 4.42 Å². The molecule has 1 atom stereocenters. The zero-order valence-corrected chi connectivity index (χ0v) is 7.42. The van der Waals surface area contributed by atoms with E-state index in [2.05, 4.69) is 11.2 Å². The zero-order chi connectivity index (χ0) is 8.97. The van der Waals surface area contributed by atoms with E-state index in [4.69, 9.17) is 10.8 Å². The molecule has 1 rings (SSSR count). The first-order valence-corrected chi connectivity index (χ1v) is 3.96. The highest BCUT2D eigenvalue weighted by Crippen LogP contribution is 2.07. The Morgan fingerprint density at radius 1 is 1.75 bits per heavy atom. The van der Waals surface area contributed by atoms with Gasteiger partial charge >= 0.3 is 0 Å². The van der Waals surface area contributed by atoms with E-state index in [9.17, 15) is 0 Å². The Labute approximate surface area is 73.0 Å². The molecule has 0 saturated heterocycles. The molecule has 0 spiro atoms. The lowest BCUT2D eigenvalue weighted by atomic mass is 10.2. The Kier molecular flexibility index (Phi) is 2.95. The van der Waals surface area contributed by atoms with E-state index in [1.54, 1.807) is 6.26 Å². The fourth-order valence-electron chi connectivity index (χ4n) is 0.890. The second-order valence-corrected chi connectivity index (χ2v) is 2.80. The van der Waals surface area contributed by atoms with Crippen molar-refractivity contribution in [2.75, 3.05) is 0 Å². The molecule has 0 bridgehead atoms. The summed E-state index contributed by atoms with van der Waals surface area (Å²) in [6.07, 6.45) is 6.89. The highest BCUT2D eigenvalue weighted by Gasteiger charge is 2.02. The largest absolute Gasteiger partial charge is 0.468 e. The minimum atomic E-state index is 0.0921. The number of terminal acetylenes is 1. The summed E-state index contributed by atoms with van der Waals surface area (Å²) >= 11 is 0. The molecular weight excluding hydrogens is 150 g/mol. The minimum absolute atomic E-state index is 0.0921. The van der Waals surface area contributed by atoms with Crippen molar-refractivity contribution in [3.8, 4) is 12.3 Å². The van der Waals surface area contributed by atoms with Crippen LogP contribution in [0.15, 0.2) is 16.7 Å². The van der Waals surface area contributed by atoms with E-state index in [-0.39, 0.29) is 6.04 Å². The molecule has 0 aromatic carbocycles. The summed E-state index contributed by atoms with van der Waals surface area (Å²) in [5, 5.41) is 3.15. The molecule has 1 aromatic rings. The molecular formula is C10H13NO. The van der Waals surface area contributed by atoms with E-state index in [1.165, 1.54) is 0 Å². The fourth-order valence-corrected chi connectivity index (χ4v) is 0.890. The van der Waals surface area contributed by atoms with Gasteiger partial charge in [-0.05, 0) is 25.5 Å². The molecule has 0 amide bonds. The van der Waals surface area contributed by atoms with Gasteiger partial charge in [-0.3, -0.25) is 5.32 Å². The predicted octanol–water partition coefficient (Wildman–Crippen LogP) is 1.70. The van der Waals surface area contributed by atoms with Gasteiger partial charge in [-0.2, -0.15) is 0 Å². The molecule has 0 aliphatic carbocycles. The van der Waals surface area contributed by atoms with Crippen LogP contribution in [0.2, 0.25) is 0 Å². The maximum absolute atomic E-state index is 5.23. The van der Waals surface area contributed by atoms with Gasteiger partial charge in [0.15, 0.2) is 0 Å². The quantitative estimate of drug-likeness (QED) is 0.686. The van der Waals surface area contributed by atoms with Crippen LogP contribution < -0.4 is 5.32 Å². The van der Waals surface area contributed by atoms with E-state index in [0.29, 0.717) is 6.54 Å². The SMILES string of the molecule is C#CC(C)NCc1occc1C. The average Bonchev–Trinajstić information content (AvgIpc) is 2.47. The second kappa shape index (κ2) is 3.99. The smallest absolute Gasteiger partial charge is 0.120 e. The van der Waals surface area contributed by atoms with Gasteiger partial charge in [-0.25, -0.2) is 0 Å². The van der Waals surface area contributed by atoms with E-state index >= 15 is 0 Å². The van der Waals surface area contributed by atoms with Crippen LogP contribution in [0.1, 0.15) is 18.2 Å². The zero-order valence-electron chi connectivity index (χ0n) is 7.42. The predicted molar refractivity (Wildman–Crippen MR) is 48.6 cm³/mol. The molecule has 1 heterocycles. The molecule has 2 nitrogen and oxygen atoms in total. The van der Waals surface area contributed by atoms with E-state index in [0.717, 1.165) is 11.3 Å². The van der Waals surface area contributed by atoms with Crippen LogP contribution in [0, 0.1) is 19.3 Å². The highest BCUT2D eigenvalue weighted by atomic mass is 16.3. The molecule has 0 fully saturated rings. The molecule has 1 unspecified atom stereocenters. The Hall–Kier alpha value is -1.20. The summed E-state index contributed by atoms with van der Waals surface area (Å²) in [6, 6.07) is 2.03. The number of hydrogen-bond donors (Lipinski definition) is 1. The summed E-state index contributed by atoms with van der Waals surface area (Å²) in [5.41, 5.74) is 1.16. The maximum Gasteiger partial charge on any atom is 0.120 e.